The van der Waals surface area contributed by atoms with Crippen LogP contribution in [0.2, 0.25) is 0 Å². The van der Waals surface area contributed by atoms with Crippen molar-refractivity contribution in [2.75, 3.05) is 18.5 Å². The van der Waals surface area contributed by atoms with Gasteiger partial charge < -0.3 is 10.6 Å². The number of aryl methyl sites for hydroxylation is 1. The van der Waals surface area contributed by atoms with Gasteiger partial charge in [0.25, 0.3) is 0 Å². The van der Waals surface area contributed by atoms with Gasteiger partial charge in [0.1, 0.15) is 5.01 Å². The molecular weight excluding hydrogens is 198 g/mol. The molecule has 0 bridgehead atoms. The third-order valence-corrected chi connectivity index (χ3v) is 2.87. The van der Waals surface area contributed by atoms with Gasteiger partial charge in [-0.2, -0.15) is 0 Å². The standard InChI is InChI=1S/C8H15N5S/c1-5(7(9)10)4-13(3)8-12-11-6(2)14-8/h5H,4H2,1-3H3,(H3,9,10). The van der Waals surface area contributed by atoms with Gasteiger partial charge in [-0.05, 0) is 6.92 Å². The molecule has 1 aromatic rings. The number of hydrogen-bond acceptors (Lipinski definition) is 5. The van der Waals surface area contributed by atoms with E-state index in [1.165, 1.54) is 0 Å². The lowest BCUT2D eigenvalue weighted by Crippen LogP contribution is -2.31. The summed E-state index contributed by atoms with van der Waals surface area (Å²) in [7, 11) is 1.93. The zero-order valence-electron chi connectivity index (χ0n) is 8.61. The highest BCUT2D eigenvalue weighted by atomic mass is 32.1. The van der Waals surface area contributed by atoms with E-state index in [2.05, 4.69) is 10.2 Å². The van der Waals surface area contributed by atoms with Crippen LogP contribution >= 0.6 is 11.3 Å². The van der Waals surface area contributed by atoms with Crippen molar-refractivity contribution in [3.05, 3.63) is 5.01 Å². The van der Waals surface area contributed by atoms with Gasteiger partial charge in [-0.1, -0.05) is 18.3 Å². The second-order valence-corrected chi connectivity index (χ2v) is 4.50. The van der Waals surface area contributed by atoms with E-state index in [4.69, 9.17) is 11.1 Å². The summed E-state index contributed by atoms with van der Waals surface area (Å²) < 4.78 is 0. The zero-order chi connectivity index (χ0) is 10.7. The molecule has 1 unspecified atom stereocenters. The molecule has 1 atom stereocenters. The van der Waals surface area contributed by atoms with Crippen LogP contribution in [0.1, 0.15) is 11.9 Å². The molecule has 0 spiro atoms. The van der Waals surface area contributed by atoms with Crippen LogP contribution in [0.4, 0.5) is 5.13 Å². The highest BCUT2D eigenvalue weighted by Crippen LogP contribution is 2.18. The van der Waals surface area contributed by atoms with Gasteiger partial charge in [0.2, 0.25) is 5.13 Å². The maximum absolute atomic E-state index is 7.28. The fourth-order valence-corrected chi connectivity index (χ4v) is 1.69. The molecule has 1 heterocycles. The first-order valence-corrected chi connectivity index (χ1v) is 5.17. The molecule has 78 valence electrons. The summed E-state index contributed by atoms with van der Waals surface area (Å²) in [6, 6.07) is 0. The SMILES string of the molecule is Cc1nnc(N(C)CC(C)C(=N)N)s1. The smallest absolute Gasteiger partial charge is 0.208 e. The van der Waals surface area contributed by atoms with E-state index in [1.807, 2.05) is 25.8 Å². The van der Waals surface area contributed by atoms with Gasteiger partial charge in [0.15, 0.2) is 0 Å². The zero-order valence-corrected chi connectivity index (χ0v) is 9.43. The second-order valence-electron chi connectivity index (χ2n) is 3.34. The van der Waals surface area contributed by atoms with Crippen molar-refractivity contribution in [2.45, 2.75) is 13.8 Å². The fourth-order valence-electron chi connectivity index (χ4n) is 1.03. The van der Waals surface area contributed by atoms with Crippen LogP contribution < -0.4 is 10.6 Å². The Hall–Kier alpha value is -1.17. The number of anilines is 1. The first kappa shape index (κ1) is 10.9. The molecular formula is C8H15N5S. The van der Waals surface area contributed by atoms with Crippen LogP contribution in [0.5, 0.6) is 0 Å². The predicted octanol–water partition coefficient (Wildman–Crippen LogP) is 0.855. The molecule has 0 aliphatic heterocycles. The Balaban J connectivity index is 2.58. The number of hydrogen-bond donors (Lipinski definition) is 2. The van der Waals surface area contributed by atoms with Crippen molar-refractivity contribution < 1.29 is 0 Å². The number of nitrogens with two attached hydrogens (primary N) is 1. The fraction of sp³-hybridized carbons (Fsp3) is 0.625. The van der Waals surface area contributed by atoms with Gasteiger partial charge in [-0.25, -0.2) is 0 Å². The average Bonchev–Trinajstić information content (AvgIpc) is 2.51. The third kappa shape index (κ3) is 2.66. The lowest BCUT2D eigenvalue weighted by atomic mass is 10.1. The molecule has 0 aliphatic carbocycles. The molecule has 1 aromatic heterocycles. The Morgan fingerprint density at radius 3 is 2.71 bits per heavy atom. The van der Waals surface area contributed by atoms with Crippen molar-refractivity contribution in [2.24, 2.45) is 11.7 Å². The van der Waals surface area contributed by atoms with E-state index in [0.29, 0.717) is 6.54 Å². The summed E-state index contributed by atoms with van der Waals surface area (Å²) in [4.78, 5) is 1.97. The van der Waals surface area contributed by atoms with Gasteiger partial charge in [0, 0.05) is 19.5 Å². The third-order valence-electron chi connectivity index (χ3n) is 1.92. The van der Waals surface area contributed by atoms with Crippen LogP contribution in [0.3, 0.4) is 0 Å². The van der Waals surface area contributed by atoms with Crippen LogP contribution in [0.25, 0.3) is 0 Å². The molecule has 1 rings (SSSR count). The molecule has 6 heteroatoms. The molecule has 0 saturated heterocycles. The van der Waals surface area contributed by atoms with Gasteiger partial charge in [-0.3, -0.25) is 5.41 Å². The molecule has 3 N–H and O–H groups in total. The highest BCUT2D eigenvalue weighted by Gasteiger charge is 2.12. The van der Waals surface area contributed by atoms with E-state index in [-0.39, 0.29) is 11.8 Å². The number of nitrogens with one attached hydrogen (secondary N) is 1. The Labute approximate surface area is 87.5 Å². The lowest BCUT2D eigenvalue weighted by molar-refractivity contribution is 0.724. The van der Waals surface area contributed by atoms with Crippen molar-refractivity contribution in [1.29, 1.82) is 5.41 Å². The van der Waals surface area contributed by atoms with Crippen LogP contribution in [0.15, 0.2) is 0 Å². The van der Waals surface area contributed by atoms with E-state index < -0.39 is 0 Å². The summed E-state index contributed by atoms with van der Waals surface area (Å²) in [6.07, 6.45) is 0. The van der Waals surface area contributed by atoms with Crippen molar-refractivity contribution in [3.8, 4) is 0 Å². The molecule has 0 fully saturated rings. The quantitative estimate of drug-likeness (QED) is 0.574. The molecule has 14 heavy (non-hydrogen) atoms. The van der Waals surface area contributed by atoms with Crippen LogP contribution in [-0.2, 0) is 0 Å². The minimum Gasteiger partial charge on any atom is -0.387 e. The first-order chi connectivity index (χ1) is 6.50. The minimum absolute atomic E-state index is 0.0456. The lowest BCUT2D eigenvalue weighted by Gasteiger charge is -2.19. The molecule has 0 amide bonds. The van der Waals surface area contributed by atoms with Gasteiger partial charge >= 0.3 is 0 Å². The highest BCUT2D eigenvalue weighted by molar-refractivity contribution is 7.15. The summed E-state index contributed by atoms with van der Waals surface area (Å²) in [5, 5.41) is 17.0. The Kier molecular flexibility index (Phi) is 3.40. The van der Waals surface area contributed by atoms with Crippen molar-refractivity contribution >= 4 is 22.3 Å². The maximum Gasteiger partial charge on any atom is 0.208 e. The number of nitrogens with zero attached hydrogens (tertiary/aromatic N) is 3. The number of amidine groups is 1. The topological polar surface area (TPSA) is 78.9 Å². The Bertz CT molecular complexity index is 321. The summed E-state index contributed by atoms with van der Waals surface area (Å²) in [5.41, 5.74) is 5.39. The molecule has 0 aromatic carbocycles. The summed E-state index contributed by atoms with van der Waals surface area (Å²) >= 11 is 1.54. The molecule has 0 radical (unpaired) electrons. The van der Waals surface area contributed by atoms with E-state index >= 15 is 0 Å². The second kappa shape index (κ2) is 4.36. The van der Waals surface area contributed by atoms with Crippen molar-refractivity contribution in [1.82, 2.24) is 10.2 Å². The van der Waals surface area contributed by atoms with Crippen molar-refractivity contribution in [3.63, 3.8) is 0 Å². The number of rotatable bonds is 4. The van der Waals surface area contributed by atoms with Gasteiger partial charge in [-0.15, -0.1) is 10.2 Å². The molecule has 5 nitrogen and oxygen atoms in total. The summed E-state index contributed by atoms with van der Waals surface area (Å²) in [5.74, 6) is 0.252. The summed E-state index contributed by atoms with van der Waals surface area (Å²) in [6.45, 7) is 4.54. The van der Waals surface area contributed by atoms with E-state index in [0.717, 1.165) is 10.1 Å². The maximum atomic E-state index is 7.28. The molecule has 0 aliphatic rings. The molecule has 0 saturated carbocycles. The van der Waals surface area contributed by atoms with Gasteiger partial charge in [0.05, 0.1) is 5.84 Å². The predicted molar refractivity (Wildman–Crippen MR) is 59.0 cm³/mol. The van der Waals surface area contributed by atoms with E-state index in [1.54, 1.807) is 11.3 Å². The first-order valence-electron chi connectivity index (χ1n) is 4.36. The minimum atomic E-state index is 0.0456. The monoisotopic (exact) mass is 213 g/mol. The van der Waals surface area contributed by atoms with Crippen LogP contribution in [-0.4, -0.2) is 29.6 Å². The largest absolute Gasteiger partial charge is 0.387 e. The number of aromatic nitrogens is 2. The normalized spacial score (nSPS) is 12.5. The van der Waals surface area contributed by atoms with E-state index in [9.17, 15) is 0 Å². The average molecular weight is 213 g/mol. The Morgan fingerprint density at radius 2 is 2.29 bits per heavy atom. The van der Waals surface area contributed by atoms with Crippen LogP contribution in [0, 0.1) is 18.3 Å². The Morgan fingerprint density at radius 1 is 1.64 bits per heavy atom.